The van der Waals surface area contributed by atoms with E-state index < -0.39 is 0 Å². The average Bonchev–Trinajstić information content (AvgIpc) is 2.71. The van der Waals surface area contributed by atoms with Gasteiger partial charge >= 0.3 is 0 Å². The van der Waals surface area contributed by atoms with E-state index >= 15 is 0 Å². The summed E-state index contributed by atoms with van der Waals surface area (Å²) in [5.41, 5.74) is 2.40. The van der Waals surface area contributed by atoms with E-state index in [1.165, 1.54) is 30.4 Å². The lowest BCUT2D eigenvalue weighted by Gasteiger charge is -2.37. The fourth-order valence-electron chi connectivity index (χ4n) is 3.59. The van der Waals surface area contributed by atoms with E-state index in [2.05, 4.69) is 71.6 Å². The Morgan fingerprint density at radius 2 is 1.97 bits per heavy atom. The van der Waals surface area contributed by atoms with Crippen LogP contribution < -0.4 is 15.4 Å². The number of benzene rings is 1. The Kier molecular flexibility index (Phi) is 13.4. The third-order valence-electron chi connectivity index (χ3n) is 5.63. The topological polar surface area (TPSA) is 52.1 Å². The number of nitrogens with zero attached hydrogens (tertiary/aromatic N) is 3. The van der Waals surface area contributed by atoms with Crippen molar-refractivity contribution in [1.29, 1.82) is 0 Å². The second-order valence-corrected chi connectivity index (χ2v) is 8.22. The van der Waals surface area contributed by atoms with Crippen LogP contribution in [0, 0.1) is 6.92 Å². The molecule has 2 N–H and O–H groups in total. The third-order valence-corrected chi connectivity index (χ3v) is 5.63. The molecule has 172 valence electrons. The van der Waals surface area contributed by atoms with E-state index in [9.17, 15) is 0 Å². The van der Waals surface area contributed by atoms with E-state index in [0.29, 0.717) is 12.6 Å². The van der Waals surface area contributed by atoms with Crippen LogP contribution in [-0.2, 0) is 6.54 Å². The molecule has 2 rings (SSSR count). The van der Waals surface area contributed by atoms with Crippen molar-refractivity contribution in [3.63, 3.8) is 0 Å². The molecule has 0 amide bonds. The van der Waals surface area contributed by atoms with Gasteiger partial charge in [-0.3, -0.25) is 9.89 Å². The van der Waals surface area contributed by atoms with E-state index in [4.69, 9.17) is 4.74 Å². The van der Waals surface area contributed by atoms with Gasteiger partial charge in [-0.15, -0.1) is 24.0 Å². The molecule has 1 saturated heterocycles. The van der Waals surface area contributed by atoms with Gasteiger partial charge in [-0.1, -0.05) is 38.3 Å². The molecule has 1 fully saturated rings. The summed E-state index contributed by atoms with van der Waals surface area (Å²) in [5.74, 6) is 1.82. The van der Waals surface area contributed by atoms with Crippen LogP contribution in [0.3, 0.4) is 0 Å². The second kappa shape index (κ2) is 14.9. The van der Waals surface area contributed by atoms with E-state index in [0.717, 1.165) is 50.9 Å². The molecule has 0 spiro atoms. The molecule has 7 heteroatoms. The Hall–Kier alpha value is -1.06. The van der Waals surface area contributed by atoms with Gasteiger partial charge in [0.05, 0.1) is 6.61 Å². The molecule has 1 aliphatic rings. The van der Waals surface area contributed by atoms with Crippen molar-refractivity contribution in [1.82, 2.24) is 20.4 Å². The lowest BCUT2D eigenvalue weighted by Crippen LogP contribution is -2.55. The minimum Gasteiger partial charge on any atom is -0.493 e. The number of unbranched alkanes of at least 4 members (excludes halogenated alkanes) is 3. The Balaban J connectivity index is 0.00000450. The highest BCUT2D eigenvalue weighted by atomic mass is 127. The maximum absolute atomic E-state index is 6.10. The highest BCUT2D eigenvalue weighted by Crippen LogP contribution is 2.21. The van der Waals surface area contributed by atoms with Crippen molar-refractivity contribution in [2.24, 2.45) is 4.99 Å². The maximum atomic E-state index is 6.10. The van der Waals surface area contributed by atoms with Crippen LogP contribution in [0.5, 0.6) is 5.75 Å². The fraction of sp³-hybridized carbons (Fsp3) is 0.696. The van der Waals surface area contributed by atoms with Crippen LogP contribution in [0.4, 0.5) is 0 Å². The van der Waals surface area contributed by atoms with Crippen molar-refractivity contribution >= 4 is 29.9 Å². The quantitative estimate of drug-likeness (QED) is 0.210. The molecule has 0 radical (unpaired) electrons. The van der Waals surface area contributed by atoms with Gasteiger partial charge in [0, 0.05) is 51.4 Å². The van der Waals surface area contributed by atoms with Gasteiger partial charge in [0.2, 0.25) is 0 Å². The zero-order chi connectivity index (χ0) is 21.1. The molecule has 0 aliphatic carbocycles. The first kappa shape index (κ1) is 27.0. The highest BCUT2D eigenvalue weighted by molar-refractivity contribution is 14.0. The Labute approximate surface area is 200 Å². The normalized spacial score (nSPS) is 18.0. The molecule has 1 aromatic rings. The lowest BCUT2D eigenvalue weighted by molar-refractivity contribution is 0.116. The summed E-state index contributed by atoms with van der Waals surface area (Å²) in [6.07, 6.45) is 4.87. The number of likely N-dealkylation sites (N-methyl/N-ethyl adjacent to an activating group) is 2. The van der Waals surface area contributed by atoms with Crippen LogP contribution in [0.15, 0.2) is 23.2 Å². The van der Waals surface area contributed by atoms with Crippen molar-refractivity contribution in [2.45, 2.75) is 52.1 Å². The van der Waals surface area contributed by atoms with Gasteiger partial charge < -0.3 is 20.3 Å². The molecule has 30 heavy (non-hydrogen) atoms. The average molecular weight is 532 g/mol. The molecule has 0 bridgehead atoms. The van der Waals surface area contributed by atoms with Gasteiger partial charge in [-0.05, 0) is 39.1 Å². The minimum atomic E-state index is 0. The summed E-state index contributed by atoms with van der Waals surface area (Å²) in [6.45, 7) is 10.0. The van der Waals surface area contributed by atoms with Gasteiger partial charge in [0.1, 0.15) is 5.75 Å². The largest absolute Gasteiger partial charge is 0.493 e. The number of hydrogen-bond acceptors (Lipinski definition) is 4. The molecule has 1 aliphatic heterocycles. The van der Waals surface area contributed by atoms with Crippen LogP contribution in [-0.4, -0.2) is 75.7 Å². The van der Waals surface area contributed by atoms with Crippen LogP contribution in [0.2, 0.25) is 0 Å². The van der Waals surface area contributed by atoms with Gasteiger partial charge in [0.25, 0.3) is 0 Å². The molecular weight excluding hydrogens is 489 g/mol. The number of halogens is 1. The Bertz CT molecular complexity index is 640. The summed E-state index contributed by atoms with van der Waals surface area (Å²) in [6, 6.07) is 6.93. The first-order chi connectivity index (χ1) is 14.0. The van der Waals surface area contributed by atoms with E-state index in [1.54, 1.807) is 0 Å². The summed E-state index contributed by atoms with van der Waals surface area (Å²) in [7, 11) is 6.21. The third kappa shape index (κ3) is 9.39. The summed E-state index contributed by atoms with van der Waals surface area (Å²) in [5, 5.41) is 6.94. The van der Waals surface area contributed by atoms with Crippen molar-refractivity contribution in [2.75, 3.05) is 53.9 Å². The molecule has 0 saturated carbocycles. The number of hydrogen-bond donors (Lipinski definition) is 2. The molecule has 0 aromatic heterocycles. The highest BCUT2D eigenvalue weighted by Gasteiger charge is 2.22. The molecule has 1 unspecified atom stereocenters. The van der Waals surface area contributed by atoms with Crippen LogP contribution in [0.1, 0.15) is 43.7 Å². The Morgan fingerprint density at radius 1 is 1.17 bits per heavy atom. The monoisotopic (exact) mass is 531 g/mol. The number of nitrogens with one attached hydrogen (secondary N) is 2. The maximum Gasteiger partial charge on any atom is 0.191 e. The predicted molar refractivity (Wildman–Crippen MR) is 138 cm³/mol. The van der Waals surface area contributed by atoms with Crippen LogP contribution in [0.25, 0.3) is 0 Å². The molecule has 6 nitrogen and oxygen atoms in total. The number of ether oxygens (including phenoxy) is 1. The van der Waals surface area contributed by atoms with Gasteiger partial charge in [-0.2, -0.15) is 0 Å². The number of guanidine groups is 1. The molecule has 1 atom stereocenters. The predicted octanol–water partition coefficient (Wildman–Crippen LogP) is 3.48. The van der Waals surface area contributed by atoms with Crippen molar-refractivity contribution in [3.05, 3.63) is 29.3 Å². The lowest BCUT2D eigenvalue weighted by atomic mass is 10.1. The fourth-order valence-corrected chi connectivity index (χ4v) is 3.59. The zero-order valence-electron chi connectivity index (χ0n) is 19.5. The summed E-state index contributed by atoms with van der Waals surface area (Å²) < 4.78 is 6.10. The second-order valence-electron chi connectivity index (χ2n) is 8.22. The first-order valence-electron chi connectivity index (χ1n) is 11.1. The smallest absolute Gasteiger partial charge is 0.191 e. The van der Waals surface area contributed by atoms with Crippen molar-refractivity contribution in [3.8, 4) is 5.75 Å². The first-order valence-corrected chi connectivity index (χ1v) is 11.1. The minimum absolute atomic E-state index is 0. The number of piperazine rings is 1. The number of aryl methyl sites for hydroxylation is 1. The van der Waals surface area contributed by atoms with Gasteiger partial charge in [-0.25, -0.2) is 0 Å². The number of aliphatic imine (C=N–C) groups is 1. The molecule has 1 aromatic carbocycles. The summed E-state index contributed by atoms with van der Waals surface area (Å²) >= 11 is 0. The van der Waals surface area contributed by atoms with Gasteiger partial charge in [0.15, 0.2) is 5.96 Å². The zero-order valence-corrected chi connectivity index (χ0v) is 21.9. The summed E-state index contributed by atoms with van der Waals surface area (Å²) in [4.78, 5) is 9.21. The SMILES string of the molecule is CCCCCCOc1cc(C)ccc1CNC(=NC)NCC1CN(C)CCN1C.I. The van der Waals surface area contributed by atoms with Crippen LogP contribution >= 0.6 is 24.0 Å². The number of rotatable bonds is 10. The van der Waals surface area contributed by atoms with Crippen molar-refractivity contribution < 1.29 is 4.74 Å². The Morgan fingerprint density at radius 3 is 2.70 bits per heavy atom. The standard InChI is InChI=1S/C23H41N5O.HI/c1-6-7-8-9-14-29-22-15-19(2)10-11-20(22)16-25-23(24-3)26-17-21-18-27(4)12-13-28(21)5;/h10-11,15,21H,6-9,12-14,16-18H2,1-5H3,(H2,24,25,26);1H. The molecule has 1 heterocycles. The van der Waals surface area contributed by atoms with E-state index in [1.807, 2.05) is 7.05 Å². The van der Waals surface area contributed by atoms with E-state index in [-0.39, 0.29) is 24.0 Å². The molecular formula is C23H42IN5O.